The zero-order valence-electron chi connectivity index (χ0n) is 18.9. The summed E-state index contributed by atoms with van der Waals surface area (Å²) in [5.41, 5.74) is 6.65. The third-order valence-electron chi connectivity index (χ3n) is 6.90. The summed E-state index contributed by atoms with van der Waals surface area (Å²) in [5, 5.41) is 5.34. The predicted octanol–water partition coefficient (Wildman–Crippen LogP) is 7.08. The lowest BCUT2D eigenvalue weighted by Crippen LogP contribution is -2.31. The number of rotatable bonds is 6. The summed E-state index contributed by atoms with van der Waals surface area (Å²) in [6.45, 7) is 2.39. The molecule has 1 amide bonds. The molecule has 1 unspecified atom stereocenters. The SMILES string of the molecule is Cc1cc(OCc2ccc(C(=O)NN=C3CCCCC3C3CCCCC3)cc2)ccc1Cl. The fraction of sp³-hybridized carbons (Fsp3) is 0.481. The van der Waals surface area contributed by atoms with Gasteiger partial charge in [-0.3, -0.25) is 4.79 Å². The van der Waals surface area contributed by atoms with E-state index in [0.717, 1.165) is 34.2 Å². The van der Waals surface area contributed by atoms with E-state index in [1.165, 1.54) is 57.1 Å². The largest absolute Gasteiger partial charge is 0.489 e. The number of carbonyl (C=O) groups excluding carboxylic acids is 1. The normalized spacial score (nSPS) is 20.8. The molecule has 0 saturated heterocycles. The van der Waals surface area contributed by atoms with E-state index in [-0.39, 0.29) is 5.91 Å². The molecule has 2 aromatic carbocycles. The summed E-state index contributed by atoms with van der Waals surface area (Å²) in [7, 11) is 0. The van der Waals surface area contributed by atoms with Crippen LogP contribution in [-0.4, -0.2) is 11.6 Å². The maximum absolute atomic E-state index is 12.7. The number of halogens is 1. The molecule has 170 valence electrons. The molecule has 4 nitrogen and oxygen atoms in total. The summed E-state index contributed by atoms with van der Waals surface area (Å²) in [6.07, 6.45) is 11.4. The summed E-state index contributed by atoms with van der Waals surface area (Å²) in [6, 6.07) is 13.2. The lowest BCUT2D eigenvalue weighted by Gasteiger charge is -2.33. The first-order chi connectivity index (χ1) is 15.6. The maximum atomic E-state index is 12.7. The summed E-state index contributed by atoms with van der Waals surface area (Å²) >= 11 is 6.06. The number of hydrogen-bond acceptors (Lipinski definition) is 3. The van der Waals surface area contributed by atoms with Gasteiger partial charge in [0.1, 0.15) is 12.4 Å². The van der Waals surface area contributed by atoms with Crippen LogP contribution in [0.25, 0.3) is 0 Å². The van der Waals surface area contributed by atoms with Crippen molar-refractivity contribution < 1.29 is 9.53 Å². The van der Waals surface area contributed by atoms with E-state index in [4.69, 9.17) is 16.3 Å². The minimum Gasteiger partial charge on any atom is -0.489 e. The minimum absolute atomic E-state index is 0.147. The maximum Gasteiger partial charge on any atom is 0.271 e. The molecule has 2 aromatic rings. The van der Waals surface area contributed by atoms with Gasteiger partial charge in [0.05, 0.1) is 0 Å². The first-order valence-electron chi connectivity index (χ1n) is 11.9. The Morgan fingerprint density at radius 1 is 1.03 bits per heavy atom. The fourth-order valence-corrected chi connectivity index (χ4v) is 5.14. The highest BCUT2D eigenvalue weighted by Crippen LogP contribution is 2.36. The van der Waals surface area contributed by atoms with Gasteiger partial charge in [-0.25, -0.2) is 5.43 Å². The summed E-state index contributed by atoms with van der Waals surface area (Å²) in [4.78, 5) is 12.7. The highest BCUT2D eigenvalue weighted by atomic mass is 35.5. The van der Waals surface area contributed by atoms with Crippen LogP contribution >= 0.6 is 11.6 Å². The minimum atomic E-state index is -0.147. The molecule has 2 aliphatic rings. The third kappa shape index (κ3) is 5.92. The van der Waals surface area contributed by atoms with E-state index in [9.17, 15) is 4.79 Å². The number of nitrogens with one attached hydrogen (secondary N) is 1. The van der Waals surface area contributed by atoms with Gasteiger partial charge >= 0.3 is 0 Å². The van der Waals surface area contributed by atoms with E-state index < -0.39 is 0 Å². The topological polar surface area (TPSA) is 50.7 Å². The van der Waals surface area contributed by atoms with Gasteiger partial charge in [0.2, 0.25) is 0 Å². The molecule has 1 N–H and O–H groups in total. The highest BCUT2D eigenvalue weighted by molar-refractivity contribution is 6.31. The molecule has 32 heavy (non-hydrogen) atoms. The zero-order valence-corrected chi connectivity index (χ0v) is 19.7. The lowest BCUT2D eigenvalue weighted by atomic mass is 9.72. The Bertz CT molecular complexity index is 949. The number of ether oxygens (including phenoxy) is 1. The number of carbonyl (C=O) groups is 1. The molecule has 2 aliphatic carbocycles. The zero-order chi connectivity index (χ0) is 22.3. The van der Waals surface area contributed by atoms with Crippen LogP contribution in [0.1, 0.15) is 79.3 Å². The van der Waals surface area contributed by atoms with Crippen LogP contribution in [0.5, 0.6) is 5.75 Å². The van der Waals surface area contributed by atoms with Gasteiger partial charge in [0.15, 0.2) is 0 Å². The summed E-state index contributed by atoms with van der Waals surface area (Å²) in [5.74, 6) is 1.94. The van der Waals surface area contributed by atoms with E-state index in [1.54, 1.807) is 0 Å². The standard InChI is InChI=1S/C27H33ClN2O2/c1-19-17-23(15-16-25(19)28)32-18-20-11-13-22(14-12-20)27(31)30-29-26-10-6-5-9-24(26)21-7-3-2-4-8-21/h11-17,21,24H,2-10,18H2,1H3,(H,30,31). The Kier molecular flexibility index (Phi) is 7.85. The van der Waals surface area contributed by atoms with Crippen LogP contribution in [0.2, 0.25) is 5.02 Å². The van der Waals surface area contributed by atoms with Crippen LogP contribution < -0.4 is 10.2 Å². The van der Waals surface area contributed by atoms with E-state index in [2.05, 4.69) is 10.5 Å². The van der Waals surface area contributed by atoms with Crippen molar-refractivity contribution in [3.05, 3.63) is 64.2 Å². The Morgan fingerprint density at radius 2 is 1.78 bits per heavy atom. The highest BCUT2D eigenvalue weighted by Gasteiger charge is 2.29. The summed E-state index contributed by atoms with van der Waals surface area (Å²) < 4.78 is 5.84. The monoisotopic (exact) mass is 452 g/mol. The second-order valence-electron chi connectivity index (χ2n) is 9.19. The number of hydrazone groups is 1. The van der Waals surface area contributed by atoms with Crippen LogP contribution in [-0.2, 0) is 6.61 Å². The predicted molar refractivity (Wildman–Crippen MR) is 130 cm³/mol. The molecule has 5 heteroatoms. The van der Waals surface area contributed by atoms with Crippen molar-refractivity contribution >= 4 is 23.2 Å². The van der Waals surface area contributed by atoms with E-state index in [0.29, 0.717) is 18.1 Å². The van der Waals surface area contributed by atoms with Gasteiger partial charge in [-0.05, 0) is 86.4 Å². The van der Waals surface area contributed by atoms with Gasteiger partial charge < -0.3 is 4.74 Å². The molecular weight excluding hydrogens is 420 g/mol. The first kappa shape index (κ1) is 22.8. The number of amides is 1. The van der Waals surface area contributed by atoms with Crippen molar-refractivity contribution in [3.8, 4) is 5.75 Å². The van der Waals surface area contributed by atoms with Gasteiger partial charge in [-0.2, -0.15) is 5.10 Å². The van der Waals surface area contributed by atoms with Crippen molar-refractivity contribution in [1.29, 1.82) is 0 Å². The molecule has 0 heterocycles. The Hall–Kier alpha value is -2.33. The Morgan fingerprint density at radius 3 is 2.53 bits per heavy atom. The number of benzene rings is 2. The molecule has 1 atom stereocenters. The van der Waals surface area contributed by atoms with Gasteiger partial charge in [0.25, 0.3) is 5.91 Å². The molecule has 0 radical (unpaired) electrons. The van der Waals surface area contributed by atoms with Crippen molar-refractivity contribution in [2.75, 3.05) is 0 Å². The number of nitrogens with zero attached hydrogens (tertiary/aromatic N) is 1. The Balaban J connectivity index is 1.33. The number of aryl methyl sites for hydroxylation is 1. The smallest absolute Gasteiger partial charge is 0.271 e. The quantitative estimate of drug-likeness (QED) is 0.476. The molecule has 2 fully saturated rings. The number of hydrogen-bond donors (Lipinski definition) is 1. The van der Waals surface area contributed by atoms with Crippen LogP contribution in [0, 0.1) is 18.8 Å². The molecule has 0 spiro atoms. The van der Waals surface area contributed by atoms with Crippen molar-refractivity contribution in [2.24, 2.45) is 16.9 Å². The molecule has 2 saturated carbocycles. The first-order valence-corrected chi connectivity index (χ1v) is 12.3. The van der Waals surface area contributed by atoms with E-state index in [1.807, 2.05) is 49.4 Å². The van der Waals surface area contributed by atoms with Gasteiger partial charge in [0, 0.05) is 22.2 Å². The molecular formula is C27H33ClN2O2. The van der Waals surface area contributed by atoms with Gasteiger partial charge in [-0.15, -0.1) is 0 Å². The van der Waals surface area contributed by atoms with Gasteiger partial charge in [-0.1, -0.05) is 49.4 Å². The Labute approximate surface area is 196 Å². The van der Waals surface area contributed by atoms with Crippen molar-refractivity contribution in [3.63, 3.8) is 0 Å². The molecule has 0 aromatic heterocycles. The molecule has 0 aliphatic heterocycles. The fourth-order valence-electron chi connectivity index (χ4n) is 5.02. The van der Waals surface area contributed by atoms with Crippen molar-refractivity contribution in [2.45, 2.75) is 71.3 Å². The molecule has 0 bridgehead atoms. The molecule has 4 rings (SSSR count). The van der Waals surface area contributed by atoms with Crippen LogP contribution in [0.3, 0.4) is 0 Å². The second kappa shape index (κ2) is 11.0. The van der Waals surface area contributed by atoms with Crippen LogP contribution in [0.4, 0.5) is 0 Å². The average molecular weight is 453 g/mol. The second-order valence-corrected chi connectivity index (χ2v) is 9.60. The van der Waals surface area contributed by atoms with Crippen LogP contribution in [0.15, 0.2) is 47.6 Å². The lowest BCUT2D eigenvalue weighted by molar-refractivity contribution is 0.0954. The third-order valence-corrected chi connectivity index (χ3v) is 7.32. The average Bonchev–Trinajstić information content (AvgIpc) is 2.84. The van der Waals surface area contributed by atoms with Crippen molar-refractivity contribution in [1.82, 2.24) is 5.43 Å². The van der Waals surface area contributed by atoms with E-state index >= 15 is 0 Å².